The van der Waals surface area contributed by atoms with Gasteiger partial charge in [-0.3, -0.25) is 9.59 Å². The number of likely N-dealkylation sites (N-methyl/N-ethyl adjacent to an activating group) is 1. The summed E-state index contributed by atoms with van der Waals surface area (Å²) in [6, 6.07) is -0.150. The molecule has 0 rings (SSSR count). The first-order chi connectivity index (χ1) is 17.1. The van der Waals surface area contributed by atoms with Crippen molar-refractivity contribution in [2.75, 3.05) is 20.3 Å². The Bertz CT molecular complexity index is 429. The molecule has 0 spiro atoms. The Morgan fingerprint density at radius 2 is 0.800 bits per heavy atom. The molecular formula is C30H59NO4. The Kier molecular flexibility index (Phi) is 26.6. The number of ether oxygens (including phenoxy) is 2. The maximum Gasteiger partial charge on any atom is 0.305 e. The van der Waals surface area contributed by atoms with Crippen molar-refractivity contribution in [3.8, 4) is 0 Å². The molecule has 35 heavy (non-hydrogen) atoms. The second-order valence-electron chi connectivity index (χ2n) is 10.2. The predicted octanol–water partition coefficient (Wildman–Crippen LogP) is 8.28. The smallest absolute Gasteiger partial charge is 0.305 e. The second kappa shape index (κ2) is 27.5. The van der Waals surface area contributed by atoms with Crippen LogP contribution in [0.15, 0.2) is 0 Å². The molecule has 0 aliphatic rings. The Balaban J connectivity index is 3.57. The molecule has 0 amide bonds. The van der Waals surface area contributed by atoms with Gasteiger partial charge in [-0.1, -0.05) is 129 Å². The van der Waals surface area contributed by atoms with E-state index in [1.807, 2.05) is 0 Å². The molecule has 1 N–H and O–H groups in total. The molecule has 0 bridgehead atoms. The summed E-state index contributed by atoms with van der Waals surface area (Å²) in [7, 11) is 1.80. The number of carbonyl (C=O) groups is 2. The van der Waals surface area contributed by atoms with Crippen LogP contribution in [0, 0.1) is 0 Å². The van der Waals surface area contributed by atoms with Crippen LogP contribution in [0.1, 0.15) is 155 Å². The van der Waals surface area contributed by atoms with E-state index in [1.54, 1.807) is 7.05 Å². The molecule has 5 nitrogen and oxygen atoms in total. The number of esters is 2. The number of hydrogen-bond donors (Lipinski definition) is 1. The van der Waals surface area contributed by atoms with E-state index in [9.17, 15) is 9.59 Å². The first-order valence-electron chi connectivity index (χ1n) is 15.1. The highest BCUT2D eigenvalue weighted by atomic mass is 16.5. The minimum Gasteiger partial charge on any atom is -0.464 e. The van der Waals surface area contributed by atoms with E-state index in [0.29, 0.717) is 12.8 Å². The van der Waals surface area contributed by atoms with Crippen LogP contribution in [0.4, 0.5) is 0 Å². The molecule has 0 aliphatic carbocycles. The van der Waals surface area contributed by atoms with Gasteiger partial charge >= 0.3 is 11.9 Å². The Hall–Kier alpha value is -1.10. The minimum atomic E-state index is -0.151. The topological polar surface area (TPSA) is 64.6 Å². The SMILES string of the molecule is CCCCCCCCCCCCC(=O)OCC(COC(=O)CCCCCCCCCCCC)NC. The summed E-state index contributed by atoms with van der Waals surface area (Å²) >= 11 is 0. The molecule has 0 saturated heterocycles. The molecule has 0 aromatic rings. The third-order valence-electron chi connectivity index (χ3n) is 6.77. The van der Waals surface area contributed by atoms with Crippen LogP contribution in [0.25, 0.3) is 0 Å². The maximum atomic E-state index is 12.0. The van der Waals surface area contributed by atoms with E-state index < -0.39 is 0 Å². The standard InChI is InChI=1S/C30H59NO4/c1-4-6-8-10-12-14-16-18-20-22-24-29(32)34-26-28(31-3)27-35-30(33)25-23-21-19-17-15-13-11-9-7-5-2/h28,31H,4-27H2,1-3H3. The van der Waals surface area contributed by atoms with Gasteiger partial charge in [-0.15, -0.1) is 0 Å². The Morgan fingerprint density at radius 3 is 1.09 bits per heavy atom. The third kappa shape index (κ3) is 25.8. The number of carbonyl (C=O) groups excluding carboxylic acids is 2. The molecule has 0 unspecified atom stereocenters. The lowest BCUT2D eigenvalue weighted by atomic mass is 10.1. The summed E-state index contributed by atoms with van der Waals surface area (Å²) in [5.41, 5.74) is 0. The van der Waals surface area contributed by atoms with E-state index >= 15 is 0 Å². The highest BCUT2D eigenvalue weighted by molar-refractivity contribution is 5.69. The lowest BCUT2D eigenvalue weighted by molar-refractivity contribution is -0.147. The van der Waals surface area contributed by atoms with Crippen molar-refractivity contribution in [1.29, 1.82) is 0 Å². The fourth-order valence-electron chi connectivity index (χ4n) is 4.26. The van der Waals surface area contributed by atoms with E-state index in [0.717, 1.165) is 25.7 Å². The number of nitrogens with one attached hydrogen (secondary N) is 1. The van der Waals surface area contributed by atoms with E-state index in [1.165, 1.54) is 103 Å². The molecule has 0 atom stereocenters. The molecule has 0 saturated carbocycles. The number of hydrogen-bond acceptors (Lipinski definition) is 5. The van der Waals surface area contributed by atoms with Gasteiger partial charge in [0.05, 0.1) is 6.04 Å². The third-order valence-corrected chi connectivity index (χ3v) is 6.77. The van der Waals surface area contributed by atoms with Crippen molar-refractivity contribution in [3.63, 3.8) is 0 Å². The van der Waals surface area contributed by atoms with Crippen LogP contribution in [-0.4, -0.2) is 38.2 Å². The first kappa shape index (κ1) is 33.9. The maximum absolute atomic E-state index is 12.0. The van der Waals surface area contributed by atoms with Crippen LogP contribution in [0.3, 0.4) is 0 Å². The van der Waals surface area contributed by atoms with Gasteiger partial charge in [0.2, 0.25) is 0 Å². The zero-order valence-electron chi connectivity index (χ0n) is 23.7. The summed E-state index contributed by atoms with van der Waals surface area (Å²) in [5.74, 6) is -0.303. The average molecular weight is 498 g/mol. The lowest BCUT2D eigenvalue weighted by Gasteiger charge is -2.16. The van der Waals surface area contributed by atoms with Crippen LogP contribution in [-0.2, 0) is 19.1 Å². The van der Waals surface area contributed by atoms with Gasteiger partial charge in [-0.05, 0) is 19.9 Å². The summed E-state index contributed by atoms with van der Waals surface area (Å²) < 4.78 is 10.8. The van der Waals surface area contributed by atoms with Gasteiger partial charge in [0, 0.05) is 12.8 Å². The van der Waals surface area contributed by atoms with Gasteiger partial charge in [0.15, 0.2) is 0 Å². The monoisotopic (exact) mass is 497 g/mol. The lowest BCUT2D eigenvalue weighted by Crippen LogP contribution is -2.36. The first-order valence-corrected chi connectivity index (χ1v) is 15.1. The van der Waals surface area contributed by atoms with Crippen molar-refractivity contribution >= 4 is 11.9 Å². The van der Waals surface area contributed by atoms with Crippen LogP contribution >= 0.6 is 0 Å². The normalized spacial score (nSPS) is 11.2. The van der Waals surface area contributed by atoms with Crippen molar-refractivity contribution in [2.45, 2.75) is 161 Å². The molecule has 0 aromatic heterocycles. The minimum absolute atomic E-state index is 0.150. The number of rotatable bonds is 27. The molecule has 0 heterocycles. The molecular weight excluding hydrogens is 438 g/mol. The van der Waals surface area contributed by atoms with Gasteiger partial charge in [0.25, 0.3) is 0 Å². The summed E-state index contributed by atoms with van der Waals surface area (Å²) in [6.45, 7) is 5.00. The molecule has 0 radical (unpaired) electrons. The van der Waals surface area contributed by atoms with Crippen LogP contribution < -0.4 is 5.32 Å². The zero-order valence-corrected chi connectivity index (χ0v) is 23.7. The van der Waals surface area contributed by atoms with Crippen LogP contribution in [0.2, 0.25) is 0 Å². The molecule has 208 valence electrons. The highest BCUT2D eigenvalue weighted by Crippen LogP contribution is 2.13. The van der Waals surface area contributed by atoms with E-state index in [4.69, 9.17) is 9.47 Å². The van der Waals surface area contributed by atoms with E-state index in [2.05, 4.69) is 19.2 Å². The Labute approximate surface area is 217 Å². The zero-order chi connectivity index (χ0) is 25.8. The van der Waals surface area contributed by atoms with Crippen LogP contribution in [0.5, 0.6) is 0 Å². The number of unbranched alkanes of at least 4 members (excludes halogenated alkanes) is 18. The largest absolute Gasteiger partial charge is 0.464 e. The van der Waals surface area contributed by atoms with Gasteiger partial charge in [-0.2, -0.15) is 0 Å². The predicted molar refractivity (Wildman–Crippen MR) is 148 cm³/mol. The fraction of sp³-hybridized carbons (Fsp3) is 0.933. The van der Waals surface area contributed by atoms with Crippen molar-refractivity contribution in [1.82, 2.24) is 5.32 Å². The summed E-state index contributed by atoms with van der Waals surface area (Å²) in [6.07, 6.45) is 26.0. The molecule has 0 fully saturated rings. The van der Waals surface area contributed by atoms with E-state index in [-0.39, 0.29) is 31.2 Å². The fourth-order valence-corrected chi connectivity index (χ4v) is 4.26. The quantitative estimate of drug-likeness (QED) is 0.0913. The molecule has 0 aromatic carbocycles. The van der Waals surface area contributed by atoms with Gasteiger partial charge < -0.3 is 14.8 Å². The summed E-state index contributed by atoms with van der Waals surface area (Å²) in [5, 5.41) is 3.08. The second-order valence-corrected chi connectivity index (χ2v) is 10.2. The summed E-state index contributed by atoms with van der Waals surface area (Å²) in [4.78, 5) is 24.0. The van der Waals surface area contributed by atoms with Gasteiger partial charge in [-0.25, -0.2) is 0 Å². The average Bonchev–Trinajstić information content (AvgIpc) is 2.86. The van der Waals surface area contributed by atoms with Crippen molar-refractivity contribution in [3.05, 3.63) is 0 Å². The van der Waals surface area contributed by atoms with Gasteiger partial charge in [0.1, 0.15) is 13.2 Å². The van der Waals surface area contributed by atoms with Crippen molar-refractivity contribution in [2.24, 2.45) is 0 Å². The molecule has 0 aliphatic heterocycles. The Morgan fingerprint density at radius 1 is 0.514 bits per heavy atom. The molecule has 5 heteroatoms. The van der Waals surface area contributed by atoms with Crippen molar-refractivity contribution < 1.29 is 19.1 Å². The highest BCUT2D eigenvalue weighted by Gasteiger charge is 2.13.